The van der Waals surface area contributed by atoms with Crippen LogP contribution >= 0.6 is 0 Å². The molecule has 4 fully saturated rings. The van der Waals surface area contributed by atoms with Crippen molar-refractivity contribution < 1.29 is 18.8 Å². The van der Waals surface area contributed by atoms with Crippen LogP contribution in [0.5, 0.6) is 0 Å². The minimum absolute atomic E-state index is 0.00174. The number of anilines is 1. The van der Waals surface area contributed by atoms with Crippen molar-refractivity contribution in [2.75, 3.05) is 70.8 Å². The number of carbonyl (C=O) groups excluding carboxylic acids is 3. The first-order chi connectivity index (χ1) is 35.4. The van der Waals surface area contributed by atoms with E-state index in [1.54, 1.807) is 15.3 Å². The molecule has 3 saturated heterocycles. The van der Waals surface area contributed by atoms with Gasteiger partial charge in [-0.15, -0.1) is 0 Å². The molecule has 3 amide bonds. The molecule has 73 heavy (non-hydrogen) atoms. The number of hydrogen-bond acceptors (Lipinski definition) is 10. The molecule has 17 heteroatoms. The van der Waals surface area contributed by atoms with Crippen LogP contribution in [-0.4, -0.2) is 126 Å². The number of piperazine rings is 1. The molecular weight excluding hydrogens is 926 g/mol. The third-order valence-electron chi connectivity index (χ3n) is 16.9. The first-order valence-corrected chi connectivity index (χ1v) is 26.4. The predicted octanol–water partition coefficient (Wildman–Crippen LogP) is 6.09. The zero-order valence-corrected chi connectivity index (χ0v) is 42.0. The quantitative estimate of drug-likeness (QED) is 0.146. The van der Waals surface area contributed by atoms with Crippen LogP contribution in [0.4, 0.5) is 10.1 Å². The number of rotatable bonds is 11. The molecule has 0 unspecified atom stereocenters. The number of fused-ring (bicyclic) bond motifs is 3. The van der Waals surface area contributed by atoms with Gasteiger partial charge in [-0.2, -0.15) is 0 Å². The number of nitrogens with zero attached hydrogens (tertiary/aromatic N) is 9. The van der Waals surface area contributed by atoms with Crippen LogP contribution in [0.2, 0.25) is 0 Å². The summed E-state index contributed by atoms with van der Waals surface area (Å²) in [4.78, 5) is 79.8. The van der Waals surface area contributed by atoms with E-state index in [0.717, 1.165) is 139 Å². The summed E-state index contributed by atoms with van der Waals surface area (Å²) in [5.41, 5.74) is 9.76. The Hall–Kier alpha value is -6.69. The highest BCUT2D eigenvalue weighted by Gasteiger charge is 2.36. The number of hydrogen-bond donors (Lipinski definition) is 2. The molecular formula is C56H64FN11O5. The number of carbonyl (C=O) groups is 3. The third kappa shape index (κ3) is 8.72. The van der Waals surface area contributed by atoms with E-state index in [9.17, 15) is 24.0 Å². The average molecular weight is 990 g/mol. The summed E-state index contributed by atoms with van der Waals surface area (Å²) >= 11 is 0. The Kier molecular flexibility index (Phi) is 12.3. The molecule has 1 aliphatic carbocycles. The monoisotopic (exact) mass is 990 g/mol. The number of aryl methyl sites for hydroxylation is 2. The summed E-state index contributed by atoms with van der Waals surface area (Å²) in [7, 11) is 2.02. The van der Waals surface area contributed by atoms with E-state index in [1.165, 1.54) is 6.07 Å². The highest BCUT2D eigenvalue weighted by atomic mass is 19.1. The summed E-state index contributed by atoms with van der Waals surface area (Å²) in [6.07, 6.45) is 11.4. The molecule has 2 atom stereocenters. The Morgan fingerprint density at radius 2 is 1.64 bits per heavy atom. The van der Waals surface area contributed by atoms with Crippen molar-refractivity contribution in [2.45, 2.75) is 89.9 Å². The molecule has 12 rings (SSSR count). The second kappa shape index (κ2) is 19.0. The zero-order chi connectivity index (χ0) is 50.2. The number of likely N-dealkylation sites (tertiary alicyclic amines) is 1. The lowest BCUT2D eigenvalue weighted by Gasteiger charge is -2.39. The van der Waals surface area contributed by atoms with Crippen LogP contribution in [0.1, 0.15) is 108 Å². The summed E-state index contributed by atoms with van der Waals surface area (Å²) in [6, 6.07) is 15.0. The summed E-state index contributed by atoms with van der Waals surface area (Å²) in [6.45, 7) is 13.1. The number of aromatic nitrogens is 5. The lowest BCUT2D eigenvalue weighted by Crippen LogP contribution is -2.48. The number of imide groups is 1. The molecule has 6 aromatic rings. The maximum Gasteiger partial charge on any atom is 0.330 e. The molecule has 4 aromatic heterocycles. The van der Waals surface area contributed by atoms with Crippen molar-refractivity contribution in [3.8, 4) is 5.69 Å². The Bertz CT molecular complexity index is 3340. The average Bonchev–Trinajstić information content (AvgIpc) is 3.88. The fraction of sp³-hybridized carbons (Fsp3) is 0.464. The molecule has 16 nitrogen and oxygen atoms in total. The van der Waals surface area contributed by atoms with Crippen molar-refractivity contribution in [1.82, 2.24) is 48.2 Å². The van der Waals surface area contributed by atoms with Gasteiger partial charge in [0.2, 0.25) is 11.8 Å². The number of pyridine rings is 2. The first kappa shape index (κ1) is 47.3. The van der Waals surface area contributed by atoms with Gasteiger partial charge in [-0.1, -0.05) is 12.1 Å². The lowest BCUT2D eigenvalue weighted by molar-refractivity contribution is -0.135. The smallest absolute Gasteiger partial charge is 0.330 e. The molecule has 0 bridgehead atoms. The van der Waals surface area contributed by atoms with Crippen LogP contribution in [0.25, 0.3) is 33.3 Å². The predicted molar refractivity (Wildman–Crippen MR) is 278 cm³/mol. The number of piperidine rings is 2. The van der Waals surface area contributed by atoms with Crippen molar-refractivity contribution in [3.05, 3.63) is 127 Å². The Morgan fingerprint density at radius 1 is 0.849 bits per heavy atom. The Morgan fingerprint density at radius 3 is 2.38 bits per heavy atom. The van der Waals surface area contributed by atoms with Gasteiger partial charge in [0, 0.05) is 143 Å². The summed E-state index contributed by atoms with van der Waals surface area (Å²) in [5.74, 6) is -0.671. The molecule has 6 aliphatic rings. The zero-order valence-electron chi connectivity index (χ0n) is 42.0. The number of benzene rings is 2. The van der Waals surface area contributed by atoms with E-state index >= 15 is 4.39 Å². The SMILES string of the molecule is Cc1cc(C(=O)N2CCC(CN3CCN(Cc4ccc5c(c4)n(C4CC4)c(=O)n5[C@H]4CCC(=O)NC4=O)CC3)CC2)cc(F)c1C1=CCN([C@@H](C)c2cc3c(-n4ccc5c(c4=O)CCN5)ccnc3n2C)CC1. The molecule has 5 aliphatic heterocycles. The normalized spacial score (nSPS) is 20.9. The fourth-order valence-corrected chi connectivity index (χ4v) is 12.6. The highest BCUT2D eigenvalue weighted by molar-refractivity contribution is 6.00. The molecule has 9 heterocycles. The van der Waals surface area contributed by atoms with Gasteiger partial charge in [-0.05, 0) is 124 Å². The number of halogens is 1. The standard InChI is InChI=1S/C56H64FN11O5/c1-34-28-39(30-43(57)51(34)38-14-21-64(22-15-38)35(2)48-31-42-45(11-18-59-52(42)61(48)3)66-23-16-44-41(55(66)72)10-17-58-44)54(71)65-19-12-36(13-20-65)32-62-24-26-63(27-25-62)33-37-4-7-46-49(29-37)67(40-5-6-40)56(73)68(46)47-8-9-50(69)60-53(47)70/h4,7,11,14,16,18,23,28-31,35-36,40,47,58H,5-6,8-10,12-13,15,17,19-22,24-27,32-33H2,1-3H3,(H,60,69,70)/t35-,47-/m0/s1. The molecule has 0 spiro atoms. The largest absolute Gasteiger partial charge is 0.384 e. The third-order valence-corrected chi connectivity index (χ3v) is 16.9. The summed E-state index contributed by atoms with van der Waals surface area (Å²) in [5, 5.41) is 6.64. The fourth-order valence-electron chi connectivity index (χ4n) is 12.6. The van der Waals surface area contributed by atoms with Crippen molar-refractivity contribution in [2.24, 2.45) is 13.0 Å². The van der Waals surface area contributed by atoms with E-state index in [-0.39, 0.29) is 47.4 Å². The van der Waals surface area contributed by atoms with Gasteiger partial charge >= 0.3 is 5.69 Å². The Labute approximate surface area is 423 Å². The van der Waals surface area contributed by atoms with Gasteiger partial charge in [0.05, 0.1) is 16.7 Å². The highest BCUT2D eigenvalue weighted by Crippen LogP contribution is 2.38. The van der Waals surface area contributed by atoms with E-state index in [1.807, 2.05) is 53.9 Å². The van der Waals surface area contributed by atoms with E-state index in [2.05, 4.69) is 61.1 Å². The maximum absolute atomic E-state index is 16.2. The topological polar surface area (TPSA) is 155 Å². The van der Waals surface area contributed by atoms with Crippen LogP contribution < -0.4 is 21.9 Å². The van der Waals surface area contributed by atoms with E-state index in [0.29, 0.717) is 55.9 Å². The van der Waals surface area contributed by atoms with Gasteiger partial charge in [0.1, 0.15) is 17.5 Å². The van der Waals surface area contributed by atoms with Gasteiger partial charge < -0.3 is 19.7 Å². The van der Waals surface area contributed by atoms with Crippen LogP contribution in [0.15, 0.2) is 76.6 Å². The molecule has 1 saturated carbocycles. The minimum atomic E-state index is -0.685. The first-order valence-electron chi connectivity index (χ1n) is 26.4. The molecule has 2 N–H and O–H groups in total. The van der Waals surface area contributed by atoms with Gasteiger partial charge in [-0.25, -0.2) is 14.2 Å². The molecule has 0 radical (unpaired) electrons. The van der Waals surface area contributed by atoms with E-state index < -0.39 is 11.9 Å². The molecule has 380 valence electrons. The van der Waals surface area contributed by atoms with Gasteiger partial charge in [-0.3, -0.25) is 48.0 Å². The van der Waals surface area contributed by atoms with Crippen LogP contribution in [-0.2, 0) is 29.6 Å². The molecule has 2 aromatic carbocycles. The van der Waals surface area contributed by atoms with Gasteiger partial charge in [0.25, 0.3) is 11.5 Å². The minimum Gasteiger partial charge on any atom is -0.384 e. The number of nitrogens with one attached hydrogen (secondary N) is 2. The second-order valence-electron chi connectivity index (χ2n) is 21.4. The van der Waals surface area contributed by atoms with E-state index in [4.69, 9.17) is 4.98 Å². The van der Waals surface area contributed by atoms with Gasteiger partial charge in [0.15, 0.2) is 0 Å². The van der Waals surface area contributed by atoms with Crippen molar-refractivity contribution >= 4 is 51.0 Å². The number of imidazole rings is 1. The Balaban J connectivity index is 0.634. The number of amides is 3. The van der Waals surface area contributed by atoms with Crippen molar-refractivity contribution in [1.29, 1.82) is 0 Å². The van der Waals surface area contributed by atoms with Crippen LogP contribution in [0, 0.1) is 18.7 Å². The van der Waals surface area contributed by atoms with Crippen molar-refractivity contribution in [3.63, 3.8) is 0 Å². The lowest BCUT2D eigenvalue weighted by atomic mass is 9.92. The summed E-state index contributed by atoms with van der Waals surface area (Å²) < 4.78 is 23.5. The maximum atomic E-state index is 16.2. The second-order valence-corrected chi connectivity index (χ2v) is 21.4. The van der Waals surface area contributed by atoms with Crippen LogP contribution in [0.3, 0.4) is 0 Å².